The fraction of sp³-hybridized carbons (Fsp3) is 0. The summed E-state index contributed by atoms with van der Waals surface area (Å²) in [4.78, 5) is 15.1. The molecule has 0 fully saturated rings. The Hall–Kier alpha value is -6.63. The summed E-state index contributed by atoms with van der Waals surface area (Å²) in [6.07, 6.45) is 0. The van der Waals surface area contributed by atoms with Crippen LogP contribution in [0.1, 0.15) is 0 Å². The highest BCUT2D eigenvalue weighted by atomic mass is 32.1. The number of nitrogens with zero attached hydrogens (tertiary/aromatic N) is 3. The monoisotopic (exact) mass is 671 g/mol. The van der Waals surface area contributed by atoms with Crippen molar-refractivity contribution in [1.29, 1.82) is 0 Å². The maximum atomic E-state index is 6.35. The molecule has 0 amide bonds. The second-order valence-electron chi connectivity index (χ2n) is 12.8. The third kappa shape index (κ3) is 4.58. The SMILES string of the molecule is c1ccc(-c2nc(-c3cccc(-c4ccc5oc6cc7c(cc6c5c4)oc4ccccc47)c3)nc(-c3ccc4c(c3)sc3ccccc34)n2)cc1. The molecule has 11 aromatic rings. The molecule has 0 saturated heterocycles. The van der Waals surface area contributed by atoms with E-state index in [1.807, 2.05) is 48.5 Å². The quantitative estimate of drug-likeness (QED) is 0.186. The molecule has 4 heterocycles. The first-order valence-corrected chi connectivity index (χ1v) is 17.7. The van der Waals surface area contributed by atoms with Gasteiger partial charge in [0.25, 0.3) is 0 Å². The molecule has 0 saturated carbocycles. The minimum atomic E-state index is 0.624. The minimum absolute atomic E-state index is 0.624. The van der Waals surface area contributed by atoms with Crippen molar-refractivity contribution in [2.45, 2.75) is 0 Å². The highest BCUT2D eigenvalue weighted by Gasteiger charge is 2.17. The first-order chi connectivity index (χ1) is 25.2. The topological polar surface area (TPSA) is 65.0 Å². The summed E-state index contributed by atoms with van der Waals surface area (Å²) in [6.45, 7) is 0. The Morgan fingerprint density at radius 2 is 0.863 bits per heavy atom. The van der Waals surface area contributed by atoms with Crippen LogP contribution in [0, 0.1) is 0 Å². The zero-order valence-electron chi connectivity index (χ0n) is 27.0. The number of benzene rings is 7. The molecule has 4 aromatic heterocycles. The molecule has 0 spiro atoms. The van der Waals surface area contributed by atoms with Crippen LogP contribution in [0.15, 0.2) is 160 Å². The molecular formula is C45H25N3O2S. The molecule has 0 atom stereocenters. The number of para-hydroxylation sites is 1. The van der Waals surface area contributed by atoms with Crippen LogP contribution in [0.2, 0.25) is 0 Å². The van der Waals surface area contributed by atoms with Crippen molar-refractivity contribution < 1.29 is 8.83 Å². The predicted octanol–water partition coefficient (Wildman–Crippen LogP) is 12.7. The van der Waals surface area contributed by atoms with Gasteiger partial charge in [0.05, 0.1) is 0 Å². The van der Waals surface area contributed by atoms with Gasteiger partial charge in [0.15, 0.2) is 17.5 Å². The van der Waals surface area contributed by atoms with Gasteiger partial charge in [-0.15, -0.1) is 11.3 Å². The average Bonchev–Trinajstić information content (AvgIpc) is 3.87. The van der Waals surface area contributed by atoms with E-state index in [0.717, 1.165) is 71.7 Å². The Morgan fingerprint density at radius 3 is 1.69 bits per heavy atom. The highest BCUT2D eigenvalue weighted by molar-refractivity contribution is 7.25. The van der Waals surface area contributed by atoms with E-state index in [0.29, 0.717) is 17.5 Å². The van der Waals surface area contributed by atoms with Crippen LogP contribution < -0.4 is 0 Å². The maximum Gasteiger partial charge on any atom is 0.164 e. The third-order valence-corrected chi connectivity index (χ3v) is 10.9. The number of rotatable bonds is 4. The second kappa shape index (κ2) is 10.9. The van der Waals surface area contributed by atoms with Crippen LogP contribution in [-0.4, -0.2) is 15.0 Å². The van der Waals surface area contributed by atoms with Crippen molar-refractivity contribution in [3.63, 3.8) is 0 Å². The summed E-state index contributed by atoms with van der Waals surface area (Å²) < 4.78 is 15.0. The summed E-state index contributed by atoms with van der Waals surface area (Å²) in [5.74, 6) is 1.91. The Kier molecular flexibility index (Phi) is 6.05. The van der Waals surface area contributed by atoms with E-state index in [1.54, 1.807) is 11.3 Å². The van der Waals surface area contributed by atoms with Gasteiger partial charge >= 0.3 is 0 Å². The number of furan rings is 2. The molecule has 7 aromatic carbocycles. The van der Waals surface area contributed by atoms with Crippen molar-refractivity contribution in [3.8, 4) is 45.3 Å². The van der Waals surface area contributed by atoms with Crippen LogP contribution >= 0.6 is 11.3 Å². The molecule has 0 aliphatic carbocycles. The van der Waals surface area contributed by atoms with Crippen molar-refractivity contribution >= 4 is 75.4 Å². The predicted molar refractivity (Wildman–Crippen MR) is 209 cm³/mol. The Labute approximate surface area is 295 Å². The fourth-order valence-corrected chi connectivity index (χ4v) is 8.37. The normalized spacial score (nSPS) is 11.9. The summed E-state index contributed by atoms with van der Waals surface area (Å²) in [5.41, 5.74) is 8.36. The highest BCUT2D eigenvalue weighted by Crippen LogP contribution is 2.39. The fourth-order valence-electron chi connectivity index (χ4n) is 7.23. The van der Waals surface area contributed by atoms with Crippen molar-refractivity contribution in [1.82, 2.24) is 15.0 Å². The summed E-state index contributed by atoms with van der Waals surface area (Å²) in [6, 6.07) is 52.2. The molecule has 0 radical (unpaired) electrons. The van der Waals surface area contributed by atoms with Gasteiger partial charge in [-0.3, -0.25) is 0 Å². The standard InChI is InChI=1S/C45H25N3O2S/c1-2-9-26(10-3-1)43-46-44(48-45(47-43)30-17-19-33-32-14-5-7-16-41(32)51-42(33)23-30)29-12-8-11-27(21-29)28-18-20-38-34(22-28)36-25-39-35(24-40(36)50-38)31-13-4-6-15-37(31)49-39/h1-25H. The number of aromatic nitrogens is 3. The maximum absolute atomic E-state index is 6.35. The van der Waals surface area contributed by atoms with E-state index in [-0.39, 0.29) is 0 Å². The Morgan fingerprint density at radius 1 is 0.314 bits per heavy atom. The van der Waals surface area contributed by atoms with E-state index in [4.69, 9.17) is 23.8 Å². The Bertz CT molecular complexity index is 3160. The number of hydrogen-bond acceptors (Lipinski definition) is 6. The van der Waals surface area contributed by atoms with Gasteiger partial charge in [0.2, 0.25) is 0 Å². The second-order valence-corrected chi connectivity index (χ2v) is 13.9. The van der Waals surface area contributed by atoms with Crippen molar-refractivity contribution in [3.05, 3.63) is 152 Å². The molecular weight excluding hydrogens is 647 g/mol. The third-order valence-electron chi connectivity index (χ3n) is 9.73. The Balaban J connectivity index is 1.04. The van der Waals surface area contributed by atoms with E-state index in [2.05, 4.69) is 103 Å². The molecule has 0 unspecified atom stereocenters. The first kappa shape index (κ1) is 28.2. The van der Waals surface area contributed by atoms with E-state index < -0.39 is 0 Å². The largest absolute Gasteiger partial charge is 0.456 e. The van der Waals surface area contributed by atoms with Crippen LogP contribution in [0.4, 0.5) is 0 Å². The van der Waals surface area contributed by atoms with Gasteiger partial charge < -0.3 is 8.83 Å². The molecule has 238 valence electrons. The molecule has 51 heavy (non-hydrogen) atoms. The van der Waals surface area contributed by atoms with Crippen LogP contribution in [0.3, 0.4) is 0 Å². The lowest BCUT2D eigenvalue weighted by molar-refractivity contribution is 0.664. The number of fused-ring (bicyclic) bond motifs is 9. The summed E-state index contributed by atoms with van der Waals surface area (Å²) >= 11 is 1.79. The molecule has 0 bridgehead atoms. The van der Waals surface area contributed by atoms with Gasteiger partial charge in [0.1, 0.15) is 22.3 Å². The van der Waals surface area contributed by atoms with Gasteiger partial charge in [-0.1, -0.05) is 103 Å². The van der Waals surface area contributed by atoms with E-state index in [9.17, 15) is 0 Å². The zero-order valence-corrected chi connectivity index (χ0v) is 27.8. The smallest absolute Gasteiger partial charge is 0.164 e. The van der Waals surface area contributed by atoms with Gasteiger partial charge in [-0.2, -0.15) is 0 Å². The molecule has 6 heteroatoms. The van der Waals surface area contributed by atoms with Crippen LogP contribution in [0.5, 0.6) is 0 Å². The number of hydrogen-bond donors (Lipinski definition) is 0. The molecule has 0 aliphatic heterocycles. The van der Waals surface area contributed by atoms with Crippen molar-refractivity contribution in [2.75, 3.05) is 0 Å². The lowest BCUT2D eigenvalue weighted by atomic mass is 10.00. The molecule has 5 nitrogen and oxygen atoms in total. The molecule has 0 aliphatic rings. The van der Waals surface area contributed by atoms with E-state index >= 15 is 0 Å². The van der Waals surface area contributed by atoms with Crippen molar-refractivity contribution in [2.24, 2.45) is 0 Å². The van der Waals surface area contributed by atoms with Crippen LogP contribution in [0.25, 0.3) is 109 Å². The first-order valence-electron chi connectivity index (χ1n) is 16.8. The van der Waals surface area contributed by atoms with Gasteiger partial charge in [-0.05, 0) is 59.7 Å². The minimum Gasteiger partial charge on any atom is -0.456 e. The lowest BCUT2D eigenvalue weighted by Crippen LogP contribution is -2.00. The lowest BCUT2D eigenvalue weighted by Gasteiger charge is -2.10. The molecule has 0 N–H and O–H groups in total. The summed E-state index contributed by atoms with van der Waals surface area (Å²) in [7, 11) is 0. The van der Waals surface area contributed by atoms with Gasteiger partial charge in [0, 0.05) is 58.4 Å². The summed E-state index contributed by atoms with van der Waals surface area (Å²) in [5, 5.41) is 6.73. The zero-order chi connectivity index (χ0) is 33.5. The number of thiophene rings is 1. The van der Waals surface area contributed by atoms with E-state index in [1.165, 1.54) is 20.2 Å². The van der Waals surface area contributed by atoms with Crippen LogP contribution in [-0.2, 0) is 0 Å². The van der Waals surface area contributed by atoms with Gasteiger partial charge in [-0.25, -0.2) is 15.0 Å². The average molecular weight is 672 g/mol. The molecule has 11 rings (SSSR count).